The van der Waals surface area contributed by atoms with E-state index in [-0.39, 0.29) is 0 Å². The standard InChI is InChI=1S/C16H30S/c1-14(2,3)11-10-17-13(16(7,8)9)12(11)15(4,5)6/h13H,10H2,1-9H3. The van der Waals surface area contributed by atoms with Crippen molar-refractivity contribution in [1.29, 1.82) is 0 Å². The van der Waals surface area contributed by atoms with Crippen molar-refractivity contribution < 1.29 is 0 Å². The Morgan fingerprint density at radius 1 is 0.824 bits per heavy atom. The van der Waals surface area contributed by atoms with Gasteiger partial charge in [-0.1, -0.05) is 73.5 Å². The first-order chi connectivity index (χ1) is 7.35. The van der Waals surface area contributed by atoms with Crippen LogP contribution < -0.4 is 0 Å². The maximum atomic E-state index is 2.38. The van der Waals surface area contributed by atoms with Crippen molar-refractivity contribution in [3.63, 3.8) is 0 Å². The molecule has 0 N–H and O–H groups in total. The van der Waals surface area contributed by atoms with Crippen LogP contribution >= 0.6 is 11.8 Å². The highest BCUT2D eigenvalue weighted by molar-refractivity contribution is 8.00. The fourth-order valence-corrected chi connectivity index (χ4v) is 4.72. The molecule has 1 rings (SSSR count). The van der Waals surface area contributed by atoms with Crippen LogP contribution in [0.2, 0.25) is 0 Å². The van der Waals surface area contributed by atoms with Crippen molar-refractivity contribution in [2.75, 3.05) is 5.75 Å². The first-order valence-electron chi connectivity index (χ1n) is 6.71. The monoisotopic (exact) mass is 254 g/mol. The van der Waals surface area contributed by atoms with Gasteiger partial charge in [0.1, 0.15) is 0 Å². The third kappa shape index (κ3) is 3.30. The highest BCUT2D eigenvalue weighted by atomic mass is 32.2. The fraction of sp³-hybridized carbons (Fsp3) is 0.875. The van der Waals surface area contributed by atoms with E-state index >= 15 is 0 Å². The molecule has 0 aromatic carbocycles. The first kappa shape index (κ1) is 15.1. The molecule has 1 atom stereocenters. The molecule has 0 aromatic heterocycles. The van der Waals surface area contributed by atoms with Crippen LogP contribution in [0.1, 0.15) is 62.3 Å². The van der Waals surface area contributed by atoms with Gasteiger partial charge < -0.3 is 0 Å². The minimum absolute atomic E-state index is 0.296. The van der Waals surface area contributed by atoms with Crippen LogP contribution in [0.4, 0.5) is 0 Å². The van der Waals surface area contributed by atoms with Crippen LogP contribution in [0.25, 0.3) is 0 Å². The van der Waals surface area contributed by atoms with Gasteiger partial charge >= 0.3 is 0 Å². The summed E-state index contributed by atoms with van der Waals surface area (Å²) in [6.07, 6.45) is 0. The maximum Gasteiger partial charge on any atom is 0.0316 e. The molecule has 1 unspecified atom stereocenters. The number of thioether (sulfide) groups is 1. The third-order valence-corrected chi connectivity index (χ3v) is 5.21. The van der Waals surface area contributed by atoms with Crippen molar-refractivity contribution in [3.05, 3.63) is 11.1 Å². The molecule has 100 valence electrons. The lowest BCUT2D eigenvalue weighted by Gasteiger charge is -2.37. The average molecular weight is 254 g/mol. The molecule has 0 fully saturated rings. The highest BCUT2D eigenvalue weighted by Gasteiger charge is 2.42. The van der Waals surface area contributed by atoms with E-state index in [1.165, 1.54) is 5.75 Å². The van der Waals surface area contributed by atoms with Crippen molar-refractivity contribution in [3.8, 4) is 0 Å². The van der Waals surface area contributed by atoms with Crippen molar-refractivity contribution in [1.82, 2.24) is 0 Å². The number of rotatable bonds is 0. The topological polar surface area (TPSA) is 0 Å². The van der Waals surface area contributed by atoms with E-state index in [4.69, 9.17) is 0 Å². The van der Waals surface area contributed by atoms with Crippen LogP contribution in [0.15, 0.2) is 11.1 Å². The fourth-order valence-electron chi connectivity index (χ4n) is 2.64. The van der Waals surface area contributed by atoms with Gasteiger partial charge in [-0.3, -0.25) is 0 Å². The SMILES string of the molecule is CC(C)(C)C1=C(C(C)(C)C)C(C(C)(C)C)SC1. The van der Waals surface area contributed by atoms with Crippen LogP contribution in [0, 0.1) is 16.2 Å². The summed E-state index contributed by atoms with van der Waals surface area (Å²) in [6.45, 7) is 21.3. The zero-order chi connectivity index (χ0) is 13.6. The largest absolute Gasteiger partial charge is 0.149 e. The van der Waals surface area contributed by atoms with Gasteiger partial charge in [0.05, 0.1) is 0 Å². The van der Waals surface area contributed by atoms with Crippen molar-refractivity contribution in [2.45, 2.75) is 67.6 Å². The maximum absolute atomic E-state index is 2.38. The molecule has 0 amide bonds. The molecular weight excluding hydrogens is 224 g/mol. The molecule has 1 aliphatic rings. The molecular formula is C16H30S. The normalized spacial score (nSPS) is 23.5. The van der Waals surface area contributed by atoms with Gasteiger partial charge in [-0.05, 0) is 16.2 Å². The lowest BCUT2D eigenvalue weighted by molar-refractivity contribution is 0.361. The molecule has 0 nitrogen and oxygen atoms in total. The lowest BCUT2D eigenvalue weighted by Crippen LogP contribution is -2.30. The minimum Gasteiger partial charge on any atom is -0.149 e. The molecule has 0 bridgehead atoms. The first-order valence-corrected chi connectivity index (χ1v) is 7.75. The highest BCUT2D eigenvalue weighted by Crippen LogP contribution is 2.53. The molecule has 0 saturated carbocycles. The third-order valence-electron chi connectivity index (χ3n) is 3.48. The molecule has 0 radical (unpaired) electrons. The molecule has 0 saturated heterocycles. The minimum atomic E-state index is 0.296. The van der Waals surface area contributed by atoms with Gasteiger partial charge in [0.15, 0.2) is 0 Å². The summed E-state index contributed by atoms with van der Waals surface area (Å²) in [6, 6.07) is 0. The Bertz CT molecular complexity index is 315. The van der Waals surface area contributed by atoms with E-state index in [0.29, 0.717) is 21.5 Å². The van der Waals surface area contributed by atoms with Crippen LogP contribution in [-0.4, -0.2) is 11.0 Å². The molecule has 0 aliphatic carbocycles. The molecule has 1 heterocycles. The lowest BCUT2D eigenvalue weighted by atomic mass is 9.70. The van der Waals surface area contributed by atoms with Gasteiger partial charge in [0.25, 0.3) is 0 Å². The van der Waals surface area contributed by atoms with E-state index in [9.17, 15) is 0 Å². The number of hydrogen-bond acceptors (Lipinski definition) is 1. The summed E-state index contributed by atoms with van der Waals surface area (Å²) in [5.41, 5.74) is 4.37. The Labute approximate surface area is 113 Å². The number of hydrogen-bond donors (Lipinski definition) is 0. The predicted octanol–water partition coefficient (Wildman–Crippen LogP) is 5.54. The van der Waals surface area contributed by atoms with Gasteiger partial charge in [-0.2, -0.15) is 0 Å². The molecule has 0 spiro atoms. The zero-order valence-corrected chi connectivity index (χ0v) is 14.0. The zero-order valence-electron chi connectivity index (χ0n) is 13.2. The van der Waals surface area contributed by atoms with E-state index in [2.05, 4.69) is 74.1 Å². The summed E-state index contributed by atoms with van der Waals surface area (Å²) in [5, 5.41) is 0.678. The molecule has 1 aliphatic heterocycles. The van der Waals surface area contributed by atoms with Crippen molar-refractivity contribution >= 4 is 11.8 Å². The Kier molecular flexibility index (Phi) is 3.86. The Hall–Kier alpha value is 0.0900. The second-order valence-electron chi connectivity index (χ2n) is 8.45. The molecule has 17 heavy (non-hydrogen) atoms. The van der Waals surface area contributed by atoms with E-state index in [1.54, 1.807) is 11.1 Å². The summed E-state index contributed by atoms with van der Waals surface area (Å²) in [5.74, 6) is 1.22. The van der Waals surface area contributed by atoms with E-state index < -0.39 is 0 Å². The smallest absolute Gasteiger partial charge is 0.0316 e. The van der Waals surface area contributed by atoms with Gasteiger partial charge in [-0.15, -0.1) is 11.8 Å². The van der Waals surface area contributed by atoms with Crippen molar-refractivity contribution in [2.24, 2.45) is 16.2 Å². The molecule has 0 aromatic rings. The summed E-state index contributed by atoms with van der Waals surface area (Å²) in [4.78, 5) is 0. The Balaban J connectivity index is 3.31. The van der Waals surface area contributed by atoms with E-state index in [0.717, 1.165) is 0 Å². The molecule has 1 heteroatoms. The van der Waals surface area contributed by atoms with Gasteiger partial charge in [-0.25, -0.2) is 0 Å². The van der Waals surface area contributed by atoms with E-state index in [1.807, 2.05) is 0 Å². The van der Waals surface area contributed by atoms with Gasteiger partial charge in [0, 0.05) is 11.0 Å². The summed E-state index contributed by atoms with van der Waals surface area (Å²) < 4.78 is 0. The Morgan fingerprint density at radius 2 is 1.29 bits per heavy atom. The van der Waals surface area contributed by atoms with Crippen LogP contribution in [0.3, 0.4) is 0 Å². The quantitative estimate of drug-likeness (QED) is 0.512. The predicted molar refractivity (Wildman–Crippen MR) is 81.6 cm³/mol. The van der Waals surface area contributed by atoms with Crippen LogP contribution in [0.5, 0.6) is 0 Å². The average Bonchev–Trinajstić information content (AvgIpc) is 2.42. The Morgan fingerprint density at radius 3 is 1.59 bits per heavy atom. The second-order valence-corrected chi connectivity index (χ2v) is 9.54. The summed E-state index contributed by atoms with van der Waals surface area (Å²) in [7, 11) is 0. The van der Waals surface area contributed by atoms with Gasteiger partial charge in [0.2, 0.25) is 0 Å². The second kappa shape index (κ2) is 4.33. The van der Waals surface area contributed by atoms with Crippen LogP contribution in [-0.2, 0) is 0 Å². The summed E-state index contributed by atoms with van der Waals surface area (Å²) >= 11 is 2.15.